The van der Waals surface area contributed by atoms with Crippen molar-refractivity contribution in [3.05, 3.63) is 57.0 Å². The largest absolute Gasteiger partial charge is 0.506 e. The first kappa shape index (κ1) is 12.5. The monoisotopic (exact) mass is 355 g/mol. The molecule has 0 saturated heterocycles. The molecule has 2 rings (SSSR count). The van der Waals surface area contributed by atoms with E-state index in [1.165, 1.54) is 0 Å². The quantitative estimate of drug-likeness (QED) is 0.846. The van der Waals surface area contributed by atoms with Crippen LogP contribution in [-0.4, -0.2) is 5.11 Å². The third-order valence-corrected chi connectivity index (χ3v) is 3.57. The zero-order valence-electron chi connectivity index (χ0n) is 8.95. The Labute approximate surface area is 117 Å². The van der Waals surface area contributed by atoms with Crippen LogP contribution in [0.1, 0.15) is 5.56 Å². The standard InChI is InChI=1S/C13H11Br2NO/c14-10-4-6-11(7-5-10)16-8-9-2-1-3-12(15)13(9)17/h1-7,16-17H,8H2. The van der Waals surface area contributed by atoms with Gasteiger partial charge in [-0.15, -0.1) is 0 Å². The maximum Gasteiger partial charge on any atom is 0.134 e. The van der Waals surface area contributed by atoms with Crippen molar-refractivity contribution in [2.24, 2.45) is 0 Å². The lowest BCUT2D eigenvalue weighted by atomic mass is 10.2. The van der Waals surface area contributed by atoms with Gasteiger partial charge in [-0.3, -0.25) is 0 Å². The minimum absolute atomic E-state index is 0.289. The Bertz CT molecular complexity index is 511. The summed E-state index contributed by atoms with van der Waals surface area (Å²) in [6, 6.07) is 13.5. The lowest BCUT2D eigenvalue weighted by Gasteiger charge is -2.09. The highest BCUT2D eigenvalue weighted by atomic mass is 79.9. The Morgan fingerprint density at radius 1 is 1.00 bits per heavy atom. The number of hydrogen-bond acceptors (Lipinski definition) is 2. The van der Waals surface area contributed by atoms with E-state index in [0.717, 1.165) is 15.7 Å². The molecule has 0 heterocycles. The van der Waals surface area contributed by atoms with E-state index in [9.17, 15) is 5.11 Å². The Hall–Kier alpha value is -1.000. The lowest BCUT2D eigenvalue weighted by molar-refractivity contribution is 0.465. The van der Waals surface area contributed by atoms with Crippen LogP contribution in [0.4, 0.5) is 5.69 Å². The van der Waals surface area contributed by atoms with Gasteiger partial charge in [0.25, 0.3) is 0 Å². The van der Waals surface area contributed by atoms with E-state index in [1.54, 1.807) is 0 Å². The van der Waals surface area contributed by atoms with Gasteiger partial charge < -0.3 is 10.4 Å². The van der Waals surface area contributed by atoms with E-state index in [-0.39, 0.29) is 5.75 Å². The molecule has 0 fully saturated rings. The lowest BCUT2D eigenvalue weighted by Crippen LogP contribution is -1.99. The average molecular weight is 357 g/mol. The molecule has 0 aliphatic heterocycles. The highest BCUT2D eigenvalue weighted by Gasteiger charge is 2.04. The molecule has 2 N–H and O–H groups in total. The summed E-state index contributed by atoms with van der Waals surface area (Å²) in [5, 5.41) is 13.1. The Balaban J connectivity index is 2.07. The van der Waals surface area contributed by atoms with Gasteiger partial charge in [-0.25, -0.2) is 0 Å². The van der Waals surface area contributed by atoms with Gasteiger partial charge in [0.2, 0.25) is 0 Å². The summed E-state index contributed by atoms with van der Waals surface area (Å²) in [4.78, 5) is 0. The van der Waals surface area contributed by atoms with Gasteiger partial charge in [-0.1, -0.05) is 28.1 Å². The highest BCUT2D eigenvalue weighted by molar-refractivity contribution is 9.10. The van der Waals surface area contributed by atoms with Crippen molar-refractivity contribution in [1.82, 2.24) is 0 Å². The van der Waals surface area contributed by atoms with Crippen LogP contribution in [0, 0.1) is 0 Å². The van der Waals surface area contributed by atoms with Crippen LogP contribution in [0.5, 0.6) is 5.75 Å². The molecule has 0 radical (unpaired) electrons. The second kappa shape index (κ2) is 5.56. The number of phenols is 1. The Morgan fingerprint density at radius 2 is 1.71 bits per heavy atom. The third-order valence-electron chi connectivity index (χ3n) is 2.40. The summed E-state index contributed by atoms with van der Waals surface area (Å²) in [6.45, 7) is 0.590. The van der Waals surface area contributed by atoms with Crippen molar-refractivity contribution in [3.8, 4) is 5.75 Å². The molecule has 17 heavy (non-hydrogen) atoms. The minimum atomic E-state index is 0.289. The first-order chi connectivity index (χ1) is 8.16. The number of rotatable bonds is 3. The predicted octanol–water partition coefficient (Wildman–Crippen LogP) is 4.53. The number of phenolic OH excluding ortho intramolecular Hbond substituents is 1. The first-order valence-electron chi connectivity index (χ1n) is 5.12. The summed E-state index contributed by atoms with van der Waals surface area (Å²) in [5.41, 5.74) is 1.88. The Morgan fingerprint density at radius 3 is 2.41 bits per heavy atom. The summed E-state index contributed by atoms with van der Waals surface area (Å²) in [6.07, 6.45) is 0. The first-order valence-corrected chi connectivity index (χ1v) is 6.71. The fourth-order valence-electron chi connectivity index (χ4n) is 1.47. The molecule has 2 nitrogen and oxygen atoms in total. The predicted molar refractivity (Wildman–Crippen MR) is 77.3 cm³/mol. The van der Waals surface area contributed by atoms with Gasteiger partial charge in [-0.05, 0) is 46.3 Å². The van der Waals surface area contributed by atoms with Crippen molar-refractivity contribution < 1.29 is 5.11 Å². The SMILES string of the molecule is Oc1c(Br)cccc1CNc1ccc(Br)cc1. The minimum Gasteiger partial charge on any atom is -0.506 e. The molecule has 0 aliphatic carbocycles. The maximum absolute atomic E-state index is 9.83. The molecular weight excluding hydrogens is 346 g/mol. The number of hydrogen-bond donors (Lipinski definition) is 2. The normalized spacial score (nSPS) is 10.2. The molecule has 0 spiro atoms. The van der Waals surface area contributed by atoms with Crippen molar-refractivity contribution in [2.45, 2.75) is 6.54 Å². The van der Waals surface area contributed by atoms with Crippen LogP contribution >= 0.6 is 31.9 Å². The number of benzene rings is 2. The van der Waals surface area contributed by atoms with Crippen molar-refractivity contribution in [3.63, 3.8) is 0 Å². The summed E-state index contributed by atoms with van der Waals surface area (Å²) >= 11 is 6.69. The van der Waals surface area contributed by atoms with Gasteiger partial charge in [0.15, 0.2) is 0 Å². The van der Waals surface area contributed by atoms with Crippen LogP contribution < -0.4 is 5.32 Å². The summed E-state index contributed by atoms with van der Waals surface area (Å²) < 4.78 is 1.76. The van der Waals surface area contributed by atoms with Crippen LogP contribution in [0.3, 0.4) is 0 Å². The maximum atomic E-state index is 9.83. The van der Waals surface area contributed by atoms with Gasteiger partial charge in [0, 0.05) is 22.3 Å². The van der Waals surface area contributed by atoms with Crippen LogP contribution in [0.2, 0.25) is 0 Å². The third kappa shape index (κ3) is 3.23. The Kier molecular flexibility index (Phi) is 4.07. The zero-order valence-corrected chi connectivity index (χ0v) is 12.1. The molecule has 0 aliphatic rings. The molecular formula is C13H11Br2NO. The molecule has 2 aromatic rings. The summed E-state index contributed by atoms with van der Waals surface area (Å²) in [7, 11) is 0. The van der Waals surface area contributed by atoms with Crippen LogP contribution in [0.25, 0.3) is 0 Å². The second-order valence-electron chi connectivity index (χ2n) is 3.61. The van der Waals surface area contributed by atoms with Crippen molar-refractivity contribution in [2.75, 3.05) is 5.32 Å². The van der Waals surface area contributed by atoms with Crippen LogP contribution in [0.15, 0.2) is 51.4 Å². The van der Waals surface area contributed by atoms with E-state index in [4.69, 9.17) is 0 Å². The number of para-hydroxylation sites is 1. The smallest absolute Gasteiger partial charge is 0.134 e. The van der Waals surface area contributed by atoms with Gasteiger partial charge in [0.05, 0.1) is 4.47 Å². The molecule has 4 heteroatoms. The fraction of sp³-hybridized carbons (Fsp3) is 0.0769. The van der Waals surface area contributed by atoms with E-state index in [1.807, 2.05) is 42.5 Å². The van der Waals surface area contributed by atoms with Gasteiger partial charge in [-0.2, -0.15) is 0 Å². The van der Waals surface area contributed by atoms with E-state index >= 15 is 0 Å². The molecule has 0 saturated carbocycles. The number of nitrogens with one attached hydrogen (secondary N) is 1. The van der Waals surface area contributed by atoms with E-state index < -0.39 is 0 Å². The molecule has 0 atom stereocenters. The molecule has 0 bridgehead atoms. The molecule has 88 valence electrons. The fourth-order valence-corrected chi connectivity index (χ4v) is 2.14. The van der Waals surface area contributed by atoms with Gasteiger partial charge >= 0.3 is 0 Å². The zero-order chi connectivity index (χ0) is 12.3. The number of anilines is 1. The molecule has 0 aromatic heterocycles. The second-order valence-corrected chi connectivity index (χ2v) is 5.38. The molecule has 2 aromatic carbocycles. The van der Waals surface area contributed by atoms with E-state index in [2.05, 4.69) is 37.2 Å². The molecule has 0 amide bonds. The van der Waals surface area contributed by atoms with Crippen molar-refractivity contribution in [1.29, 1.82) is 0 Å². The topological polar surface area (TPSA) is 32.3 Å². The van der Waals surface area contributed by atoms with Crippen LogP contribution in [-0.2, 0) is 6.54 Å². The number of aromatic hydroxyl groups is 1. The van der Waals surface area contributed by atoms with Gasteiger partial charge in [0.1, 0.15) is 5.75 Å². The van der Waals surface area contributed by atoms with Crippen molar-refractivity contribution >= 4 is 37.5 Å². The number of halogens is 2. The van der Waals surface area contributed by atoms with E-state index in [0.29, 0.717) is 11.0 Å². The average Bonchev–Trinajstić information content (AvgIpc) is 2.33. The highest BCUT2D eigenvalue weighted by Crippen LogP contribution is 2.28. The summed E-state index contributed by atoms with van der Waals surface area (Å²) in [5.74, 6) is 0.289. The molecule has 0 unspecified atom stereocenters.